The molecular formula is C17H24N2O. The molecule has 0 saturated heterocycles. The van der Waals surface area contributed by atoms with Crippen LogP contribution in [-0.4, -0.2) is 5.21 Å². The van der Waals surface area contributed by atoms with Crippen molar-refractivity contribution in [1.82, 2.24) is 10.8 Å². The van der Waals surface area contributed by atoms with Crippen LogP contribution in [0.15, 0.2) is 59.3 Å². The number of rotatable bonds is 1. The van der Waals surface area contributed by atoms with Crippen molar-refractivity contribution in [2.75, 3.05) is 0 Å². The molecule has 0 radical (unpaired) electrons. The zero-order valence-electron chi connectivity index (χ0n) is 12.1. The highest BCUT2D eigenvalue weighted by atomic mass is 16.5. The van der Waals surface area contributed by atoms with Gasteiger partial charge >= 0.3 is 0 Å². The van der Waals surface area contributed by atoms with E-state index in [0.717, 1.165) is 30.8 Å². The summed E-state index contributed by atoms with van der Waals surface area (Å²) in [6.07, 6.45) is 6.85. The molecular weight excluding hydrogens is 248 g/mol. The lowest BCUT2D eigenvalue weighted by Crippen LogP contribution is -2.08. The van der Waals surface area contributed by atoms with E-state index in [1.165, 1.54) is 16.7 Å². The number of hydrogen-bond acceptors (Lipinski definition) is 3. The smallest absolute Gasteiger partial charge is 0.0630 e. The van der Waals surface area contributed by atoms with Gasteiger partial charge in [0.1, 0.15) is 0 Å². The van der Waals surface area contributed by atoms with Gasteiger partial charge in [-0.15, -0.1) is 0 Å². The summed E-state index contributed by atoms with van der Waals surface area (Å²) >= 11 is 0. The lowest BCUT2D eigenvalue weighted by molar-refractivity contribution is 0.203. The van der Waals surface area contributed by atoms with Crippen molar-refractivity contribution in [3.05, 3.63) is 70.5 Å². The first kappa shape index (κ1) is 14.6. The van der Waals surface area contributed by atoms with Crippen LogP contribution >= 0.6 is 0 Å². The minimum atomic E-state index is 0. The van der Waals surface area contributed by atoms with Gasteiger partial charge in [0.15, 0.2) is 0 Å². The molecule has 1 aromatic carbocycles. The van der Waals surface area contributed by atoms with E-state index in [2.05, 4.69) is 48.1 Å². The first-order valence-electron chi connectivity index (χ1n) is 6.93. The number of benzene rings is 1. The monoisotopic (exact) mass is 272 g/mol. The third kappa shape index (κ3) is 3.59. The summed E-state index contributed by atoms with van der Waals surface area (Å²) in [5.41, 5.74) is 8.28. The second-order valence-corrected chi connectivity index (χ2v) is 5.10. The van der Waals surface area contributed by atoms with Crippen LogP contribution in [0.25, 0.3) is 0 Å². The van der Waals surface area contributed by atoms with Gasteiger partial charge in [-0.25, -0.2) is 0 Å². The Morgan fingerprint density at radius 2 is 1.80 bits per heavy atom. The molecule has 20 heavy (non-hydrogen) atoms. The van der Waals surface area contributed by atoms with Crippen molar-refractivity contribution in [1.29, 1.82) is 0 Å². The first-order chi connectivity index (χ1) is 9.72. The molecule has 108 valence electrons. The Morgan fingerprint density at radius 1 is 1.15 bits per heavy atom. The standard InChI is InChI=1S/C9H13NO.C8H9N.H2/c1-7-5-3-4-6-9(10-11)8(7)2;1-2-4-8-6-9-5-7(8)3-1;/h3-4,6,10-11H,5H2,1-2H3;1-4,9H,5-6H2;1H. The van der Waals surface area contributed by atoms with Gasteiger partial charge in [0, 0.05) is 14.5 Å². The Balaban J connectivity index is 0.000000203. The number of hydrogen-bond donors (Lipinski definition) is 3. The average molecular weight is 272 g/mol. The number of nitrogens with one attached hydrogen (secondary N) is 2. The fourth-order valence-corrected chi connectivity index (χ4v) is 2.27. The molecule has 0 bridgehead atoms. The minimum absolute atomic E-state index is 0. The lowest BCUT2D eigenvalue weighted by atomic mass is 10.1. The molecule has 0 amide bonds. The Kier molecular flexibility index (Phi) is 5.16. The van der Waals surface area contributed by atoms with E-state index in [0.29, 0.717) is 0 Å². The Hall–Kier alpha value is -1.84. The number of fused-ring (bicyclic) bond motifs is 1. The van der Waals surface area contributed by atoms with Crippen molar-refractivity contribution in [3.63, 3.8) is 0 Å². The summed E-state index contributed by atoms with van der Waals surface area (Å²) in [5.74, 6) is 0. The molecule has 0 unspecified atom stereocenters. The highest BCUT2D eigenvalue weighted by molar-refractivity contribution is 5.36. The molecule has 0 spiro atoms. The van der Waals surface area contributed by atoms with E-state index in [9.17, 15) is 0 Å². The van der Waals surface area contributed by atoms with Crippen LogP contribution in [0.5, 0.6) is 0 Å². The Morgan fingerprint density at radius 3 is 2.40 bits per heavy atom. The molecule has 3 rings (SSSR count). The van der Waals surface area contributed by atoms with Gasteiger partial charge in [0.2, 0.25) is 0 Å². The molecule has 0 fully saturated rings. The van der Waals surface area contributed by atoms with Crippen LogP contribution in [-0.2, 0) is 13.1 Å². The van der Waals surface area contributed by atoms with Crippen LogP contribution in [0.1, 0.15) is 32.8 Å². The summed E-state index contributed by atoms with van der Waals surface area (Å²) < 4.78 is 0. The summed E-state index contributed by atoms with van der Waals surface area (Å²) in [4.78, 5) is 0. The van der Waals surface area contributed by atoms with Gasteiger partial charge < -0.3 is 5.32 Å². The van der Waals surface area contributed by atoms with E-state index in [-0.39, 0.29) is 1.43 Å². The normalized spacial score (nSPS) is 16.9. The predicted molar refractivity (Wildman–Crippen MR) is 84.2 cm³/mol. The van der Waals surface area contributed by atoms with Gasteiger partial charge in [0.05, 0.1) is 5.70 Å². The lowest BCUT2D eigenvalue weighted by Gasteiger charge is -2.06. The maximum atomic E-state index is 8.72. The molecule has 3 N–H and O–H groups in total. The fraction of sp³-hybridized carbons (Fsp3) is 0.294. The van der Waals surface area contributed by atoms with Crippen LogP contribution in [0.2, 0.25) is 0 Å². The minimum Gasteiger partial charge on any atom is -0.309 e. The maximum Gasteiger partial charge on any atom is 0.0630 e. The van der Waals surface area contributed by atoms with Gasteiger partial charge in [-0.3, -0.25) is 10.7 Å². The molecule has 1 aliphatic heterocycles. The van der Waals surface area contributed by atoms with Gasteiger partial charge in [-0.1, -0.05) is 42.0 Å². The van der Waals surface area contributed by atoms with Gasteiger partial charge in [-0.05, 0) is 43.0 Å². The number of hydroxylamine groups is 1. The molecule has 3 nitrogen and oxygen atoms in total. The molecule has 2 aliphatic rings. The zero-order valence-corrected chi connectivity index (χ0v) is 12.1. The SMILES string of the molecule is CC1=C(C)C(NO)=CC=CC1.[HH].c1ccc2c(c1)CNC2. The van der Waals surface area contributed by atoms with Crippen LogP contribution in [0, 0.1) is 0 Å². The third-order valence-corrected chi connectivity index (χ3v) is 3.74. The van der Waals surface area contributed by atoms with Gasteiger partial charge in [0.25, 0.3) is 0 Å². The van der Waals surface area contributed by atoms with Crippen molar-refractivity contribution >= 4 is 0 Å². The summed E-state index contributed by atoms with van der Waals surface area (Å²) in [5, 5.41) is 12.0. The van der Waals surface area contributed by atoms with Crippen molar-refractivity contribution in [2.24, 2.45) is 0 Å². The molecule has 1 heterocycles. The molecule has 1 aromatic rings. The van der Waals surface area contributed by atoms with E-state index in [4.69, 9.17) is 5.21 Å². The number of allylic oxidation sites excluding steroid dienone is 5. The molecule has 0 saturated carbocycles. The highest BCUT2D eigenvalue weighted by Crippen LogP contribution is 2.17. The summed E-state index contributed by atoms with van der Waals surface area (Å²) in [6.45, 7) is 6.17. The predicted octanol–water partition coefficient (Wildman–Crippen LogP) is 3.68. The quantitative estimate of drug-likeness (QED) is 0.683. The van der Waals surface area contributed by atoms with E-state index in [1.54, 1.807) is 0 Å². The van der Waals surface area contributed by atoms with Crippen molar-refractivity contribution in [3.8, 4) is 0 Å². The molecule has 1 aliphatic carbocycles. The first-order valence-corrected chi connectivity index (χ1v) is 6.93. The second kappa shape index (κ2) is 7.08. The van der Waals surface area contributed by atoms with Gasteiger partial charge in [-0.2, -0.15) is 0 Å². The van der Waals surface area contributed by atoms with Crippen LogP contribution in [0.3, 0.4) is 0 Å². The summed E-state index contributed by atoms with van der Waals surface area (Å²) in [6, 6.07) is 8.53. The zero-order chi connectivity index (χ0) is 14.4. The van der Waals surface area contributed by atoms with Crippen molar-refractivity contribution < 1.29 is 6.63 Å². The van der Waals surface area contributed by atoms with E-state index < -0.39 is 0 Å². The van der Waals surface area contributed by atoms with E-state index in [1.807, 2.05) is 19.1 Å². The molecule has 0 aromatic heterocycles. The van der Waals surface area contributed by atoms with E-state index >= 15 is 0 Å². The van der Waals surface area contributed by atoms with Crippen LogP contribution < -0.4 is 10.8 Å². The second-order valence-electron chi connectivity index (χ2n) is 5.10. The van der Waals surface area contributed by atoms with Crippen molar-refractivity contribution in [2.45, 2.75) is 33.4 Å². The van der Waals surface area contributed by atoms with Crippen LogP contribution in [0.4, 0.5) is 0 Å². The fourth-order valence-electron chi connectivity index (χ4n) is 2.27. The largest absolute Gasteiger partial charge is 0.309 e. The Bertz CT molecular complexity index is 539. The average Bonchev–Trinajstić information content (AvgIpc) is 2.89. The molecule has 3 heteroatoms. The topological polar surface area (TPSA) is 44.3 Å². The maximum absolute atomic E-state index is 8.72. The third-order valence-electron chi connectivity index (χ3n) is 3.74. The highest BCUT2D eigenvalue weighted by Gasteiger charge is 2.06. The molecule has 0 atom stereocenters. The Labute approximate surface area is 122 Å². The summed E-state index contributed by atoms with van der Waals surface area (Å²) in [7, 11) is 0.